The average Bonchev–Trinajstić information content (AvgIpc) is 3.22. The molecule has 0 aromatic heterocycles. The third-order valence-corrected chi connectivity index (χ3v) is 3.94. The molecule has 4 nitrogen and oxygen atoms in total. The summed E-state index contributed by atoms with van der Waals surface area (Å²) in [5, 5.41) is 3.04. The molecule has 0 bridgehead atoms. The van der Waals surface area contributed by atoms with Gasteiger partial charge in [0.05, 0.1) is 0 Å². The van der Waals surface area contributed by atoms with Crippen molar-refractivity contribution in [1.82, 2.24) is 5.32 Å². The van der Waals surface area contributed by atoms with Gasteiger partial charge < -0.3 is 16.0 Å². The van der Waals surface area contributed by atoms with Crippen LogP contribution in [0.3, 0.4) is 0 Å². The van der Waals surface area contributed by atoms with Gasteiger partial charge in [-0.25, -0.2) is 0 Å². The van der Waals surface area contributed by atoms with Crippen molar-refractivity contribution < 1.29 is 4.79 Å². The molecule has 1 aromatic rings. The number of benzene rings is 1. The van der Waals surface area contributed by atoms with Gasteiger partial charge >= 0.3 is 0 Å². The summed E-state index contributed by atoms with van der Waals surface area (Å²) in [5.41, 5.74) is 8.53. The zero-order valence-electron chi connectivity index (χ0n) is 11.1. The van der Waals surface area contributed by atoms with Gasteiger partial charge in [-0.3, -0.25) is 4.79 Å². The second-order valence-electron chi connectivity index (χ2n) is 5.53. The third-order valence-electron chi connectivity index (χ3n) is 3.94. The van der Waals surface area contributed by atoms with Crippen molar-refractivity contribution in [3.8, 4) is 0 Å². The molecule has 102 valence electrons. The predicted molar refractivity (Wildman–Crippen MR) is 76.0 cm³/mol. The van der Waals surface area contributed by atoms with E-state index < -0.39 is 0 Å². The lowest BCUT2D eigenvalue weighted by Gasteiger charge is -2.34. The molecule has 1 saturated carbocycles. The Hall–Kier alpha value is -1.55. The van der Waals surface area contributed by atoms with Crippen LogP contribution < -0.4 is 16.0 Å². The molecule has 1 aliphatic carbocycles. The summed E-state index contributed by atoms with van der Waals surface area (Å²) in [6.45, 7) is 1.72. The standard InChI is InChI=1S/C15H21N3O/c16-13-7-9-18(14-4-2-1-3-12(13)14)10-8-15(19)17-11-5-6-11/h1-4,11,13H,5-10,16H2,(H,17,19). The first-order chi connectivity index (χ1) is 9.24. The van der Waals surface area contributed by atoms with Crippen LogP contribution in [0.1, 0.15) is 37.3 Å². The zero-order chi connectivity index (χ0) is 13.2. The van der Waals surface area contributed by atoms with Crippen LogP contribution in [-0.4, -0.2) is 25.0 Å². The van der Waals surface area contributed by atoms with Crippen LogP contribution in [0.15, 0.2) is 24.3 Å². The van der Waals surface area contributed by atoms with Crippen molar-refractivity contribution in [1.29, 1.82) is 0 Å². The summed E-state index contributed by atoms with van der Waals surface area (Å²) < 4.78 is 0. The maximum Gasteiger partial charge on any atom is 0.221 e. The topological polar surface area (TPSA) is 58.4 Å². The molecular formula is C15H21N3O. The van der Waals surface area contributed by atoms with Gasteiger partial charge in [0, 0.05) is 37.3 Å². The number of para-hydroxylation sites is 1. The molecular weight excluding hydrogens is 238 g/mol. The number of amides is 1. The predicted octanol–water partition coefficient (Wildman–Crippen LogP) is 1.57. The largest absolute Gasteiger partial charge is 0.371 e. The Balaban J connectivity index is 1.62. The molecule has 1 atom stereocenters. The van der Waals surface area contributed by atoms with Gasteiger partial charge in [-0.2, -0.15) is 0 Å². The fourth-order valence-electron chi connectivity index (χ4n) is 2.66. The van der Waals surface area contributed by atoms with Crippen molar-refractivity contribution in [2.24, 2.45) is 5.73 Å². The molecule has 0 saturated heterocycles. The van der Waals surface area contributed by atoms with Gasteiger partial charge in [0.1, 0.15) is 0 Å². The van der Waals surface area contributed by atoms with E-state index in [1.165, 1.54) is 11.3 Å². The van der Waals surface area contributed by atoms with E-state index in [-0.39, 0.29) is 11.9 Å². The average molecular weight is 259 g/mol. The molecule has 0 spiro atoms. The quantitative estimate of drug-likeness (QED) is 0.863. The van der Waals surface area contributed by atoms with Crippen LogP contribution in [0, 0.1) is 0 Å². The number of hydrogen-bond donors (Lipinski definition) is 2. The Kier molecular flexibility index (Phi) is 3.42. The first-order valence-electron chi connectivity index (χ1n) is 7.13. The van der Waals surface area contributed by atoms with Gasteiger partial charge in [-0.05, 0) is 30.9 Å². The van der Waals surface area contributed by atoms with Crippen LogP contribution in [0.5, 0.6) is 0 Å². The lowest BCUT2D eigenvalue weighted by molar-refractivity contribution is -0.121. The number of anilines is 1. The lowest BCUT2D eigenvalue weighted by atomic mass is 9.97. The smallest absolute Gasteiger partial charge is 0.221 e. The van der Waals surface area contributed by atoms with Crippen molar-refractivity contribution in [2.45, 2.75) is 37.8 Å². The summed E-state index contributed by atoms with van der Waals surface area (Å²) in [4.78, 5) is 14.0. The van der Waals surface area contributed by atoms with E-state index in [0.29, 0.717) is 12.5 Å². The highest BCUT2D eigenvalue weighted by Crippen LogP contribution is 2.32. The maximum absolute atomic E-state index is 11.7. The van der Waals surface area contributed by atoms with Gasteiger partial charge in [-0.1, -0.05) is 18.2 Å². The molecule has 2 aliphatic rings. The normalized spacial score (nSPS) is 21.9. The Morgan fingerprint density at radius 1 is 1.32 bits per heavy atom. The lowest BCUT2D eigenvalue weighted by Crippen LogP contribution is -2.37. The van der Waals surface area contributed by atoms with Crippen LogP contribution in [0.4, 0.5) is 5.69 Å². The van der Waals surface area contributed by atoms with E-state index >= 15 is 0 Å². The molecule has 1 amide bonds. The number of rotatable bonds is 4. The van der Waals surface area contributed by atoms with Crippen molar-refractivity contribution in [2.75, 3.05) is 18.0 Å². The molecule has 1 heterocycles. The molecule has 1 aliphatic heterocycles. The van der Waals surface area contributed by atoms with Crippen LogP contribution in [0.25, 0.3) is 0 Å². The van der Waals surface area contributed by atoms with Crippen LogP contribution in [0.2, 0.25) is 0 Å². The van der Waals surface area contributed by atoms with Crippen molar-refractivity contribution in [3.05, 3.63) is 29.8 Å². The van der Waals surface area contributed by atoms with E-state index in [0.717, 1.165) is 32.4 Å². The summed E-state index contributed by atoms with van der Waals surface area (Å²) >= 11 is 0. The number of nitrogens with two attached hydrogens (primary N) is 1. The number of nitrogens with zero attached hydrogens (tertiary/aromatic N) is 1. The highest BCUT2D eigenvalue weighted by atomic mass is 16.1. The molecule has 0 radical (unpaired) electrons. The molecule has 1 unspecified atom stereocenters. The summed E-state index contributed by atoms with van der Waals surface area (Å²) in [6, 6.07) is 8.85. The number of hydrogen-bond acceptors (Lipinski definition) is 3. The fourth-order valence-corrected chi connectivity index (χ4v) is 2.66. The Morgan fingerprint density at radius 2 is 2.11 bits per heavy atom. The van der Waals surface area contributed by atoms with E-state index in [9.17, 15) is 4.79 Å². The minimum Gasteiger partial charge on any atom is -0.371 e. The number of carbonyl (C=O) groups is 1. The van der Waals surface area contributed by atoms with Gasteiger partial charge in [0.2, 0.25) is 5.91 Å². The van der Waals surface area contributed by atoms with Gasteiger partial charge in [0.25, 0.3) is 0 Å². The van der Waals surface area contributed by atoms with Gasteiger partial charge in [0.15, 0.2) is 0 Å². The molecule has 4 heteroatoms. The third kappa shape index (κ3) is 2.89. The van der Waals surface area contributed by atoms with Crippen molar-refractivity contribution >= 4 is 11.6 Å². The number of nitrogens with one attached hydrogen (secondary N) is 1. The highest BCUT2D eigenvalue weighted by molar-refractivity contribution is 5.77. The fraction of sp³-hybridized carbons (Fsp3) is 0.533. The van der Waals surface area contributed by atoms with E-state index in [2.05, 4.69) is 22.3 Å². The Bertz CT molecular complexity index is 470. The molecule has 1 fully saturated rings. The minimum absolute atomic E-state index is 0.132. The Labute approximate surface area is 114 Å². The second-order valence-corrected chi connectivity index (χ2v) is 5.53. The van der Waals surface area contributed by atoms with E-state index in [1.807, 2.05) is 12.1 Å². The number of carbonyl (C=O) groups excluding carboxylic acids is 1. The van der Waals surface area contributed by atoms with Gasteiger partial charge in [-0.15, -0.1) is 0 Å². The second kappa shape index (κ2) is 5.21. The van der Waals surface area contributed by atoms with E-state index in [4.69, 9.17) is 5.73 Å². The highest BCUT2D eigenvalue weighted by Gasteiger charge is 2.25. The molecule has 1 aromatic carbocycles. The van der Waals surface area contributed by atoms with E-state index in [1.54, 1.807) is 0 Å². The van der Waals surface area contributed by atoms with Crippen LogP contribution >= 0.6 is 0 Å². The molecule has 3 rings (SSSR count). The summed E-state index contributed by atoms with van der Waals surface area (Å²) in [6.07, 6.45) is 3.82. The minimum atomic E-state index is 0.132. The Morgan fingerprint density at radius 3 is 2.89 bits per heavy atom. The summed E-state index contributed by atoms with van der Waals surface area (Å²) in [5.74, 6) is 0.176. The maximum atomic E-state index is 11.7. The first-order valence-corrected chi connectivity index (χ1v) is 7.13. The van der Waals surface area contributed by atoms with Crippen molar-refractivity contribution in [3.63, 3.8) is 0 Å². The number of fused-ring (bicyclic) bond motifs is 1. The molecule has 19 heavy (non-hydrogen) atoms. The zero-order valence-corrected chi connectivity index (χ0v) is 11.1. The van der Waals surface area contributed by atoms with Crippen LogP contribution in [-0.2, 0) is 4.79 Å². The first kappa shape index (κ1) is 12.5. The molecule has 3 N–H and O–H groups in total. The monoisotopic (exact) mass is 259 g/mol. The SMILES string of the molecule is NC1CCN(CCC(=O)NC2CC2)c2ccccc21. The summed E-state index contributed by atoms with van der Waals surface area (Å²) in [7, 11) is 0.